The van der Waals surface area contributed by atoms with Crippen LogP contribution >= 0.6 is 0 Å². The fourth-order valence-corrected chi connectivity index (χ4v) is 3.23. The standard InChI is InChI=1S/C18H23NO2.C15H18N4.2C2H6/c1-5-15-8-7-9-17(12-15)14(3)19-13-16(6-2)10-11-18(20)21-4;1-11(2)15(19-17-4)18-10-12(3)14-7-5-6-13(8-14)9-16;2*1-2/h7-13H,5-6H2,1-4H3;5-8,10-11H,1-4H3;2*1-2H3/b11-10+,16-13+,19-14?;12-10+,18-15?,19-17?;;. The van der Waals surface area contributed by atoms with Crippen LogP contribution in [0.25, 0.3) is 5.57 Å². The fraction of sp³-hybridized carbons (Fsp3) is 0.405. The minimum absolute atomic E-state index is 0.221. The van der Waals surface area contributed by atoms with Crippen molar-refractivity contribution in [2.75, 3.05) is 14.2 Å². The second-order valence-corrected chi connectivity index (χ2v) is 9.13. The number of aliphatic imine (C=N–C) groups is 2. The van der Waals surface area contributed by atoms with Crippen molar-refractivity contribution in [2.45, 2.75) is 82.1 Å². The molecule has 0 spiro atoms. The van der Waals surface area contributed by atoms with Crippen molar-refractivity contribution in [3.8, 4) is 6.07 Å². The lowest BCUT2D eigenvalue weighted by molar-refractivity contribution is -0.134. The molecule has 0 unspecified atom stereocenters. The van der Waals surface area contributed by atoms with Crippen LogP contribution in [-0.4, -0.2) is 31.7 Å². The summed E-state index contributed by atoms with van der Waals surface area (Å²) < 4.78 is 4.58. The summed E-state index contributed by atoms with van der Waals surface area (Å²) in [5, 5.41) is 16.6. The normalized spacial score (nSPS) is 12.0. The van der Waals surface area contributed by atoms with E-state index in [-0.39, 0.29) is 11.9 Å². The molecule has 2 aromatic rings. The first-order chi connectivity index (χ1) is 21.2. The third kappa shape index (κ3) is 17.5. The fourth-order valence-electron chi connectivity index (χ4n) is 3.23. The number of methoxy groups -OCH3 is 1. The van der Waals surface area contributed by atoms with Gasteiger partial charge in [-0.1, -0.05) is 91.8 Å². The number of allylic oxidation sites excluding steroid dienone is 3. The van der Waals surface area contributed by atoms with Crippen molar-refractivity contribution in [3.05, 3.63) is 101 Å². The zero-order valence-electron chi connectivity index (χ0n) is 29.0. The Hall–Kier alpha value is -4.44. The highest BCUT2D eigenvalue weighted by molar-refractivity contribution is 5.99. The van der Waals surface area contributed by atoms with Crippen LogP contribution < -0.4 is 0 Å². The van der Waals surface area contributed by atoms with E-state index in [4.69, 9.17) is 5.26 Å². The number of carbonyl (C=O) groups is 1. The van der Waals surface area contributed by atoms with Crippen molar-refractivity contribution >= 4 is 23.1 Å². The summed E-state index contributed by atoms with van der Waals surface area (Å²) >= 11 is 0. The van der Waals surface area contributed by atoms with Gasteiger partial charge in [-0.05, 0) is 72.7 Å². The molecule has 7 heteroatoms. The third-order valence-corrected chi connectivity index (χ3v) is 5.78. The van der Waals surface area contributed by atoms with Crippen LogP contribution in [0.5, 0.6) is 0 Å². The summed E-state index contributed by atoms with van der Waals surface area (Å²) in [5.74, 6) is 0.558. The van der Waals surface area contributed by atoms with Crippen LogP contribution in [0.2, 0.25) is 0 Å². The van der Waals surface area contributed by atoms with E-state index < -0.39 is 0 Å². The summed E-state index contributed by atoms with van der Waals surface area (Å²) in [6, 6.07) is 18.0. The molecule has 2 rings (SSSR count). The molecule has 0 radical (unpaired) electrons. The van der Waals surface area contributed by atoms with Gasteiger partial charge in [-0.25, -0.2) is 9.79 Å². The average Bonchev–Trinajstić information content (AvgIpc) is 3.08. The molecule has 0 fully saturated rings. The van der Waals surface area contributed by atoms with E-state index in [1.54, 1.807) is 31.6 Å². The van der Waals surface area contributed by atoms with Gasteiger partial charge in [0.1, 0.15) is 0 Å². The largest absolute Gasteiger partial charge is 0.466 e. The van der Waals surface area contributed by atoms with E-state index in [2.05, 4.69) is 62.2 Å². The van der Waals surface area contributed by atoms with Crippen molar-refractivity contribution in [1.29, 1.82) is 5.26 Å². The van der Waals surface area contributed by atoms with E-state index in [9.17, 15) is 4.79 Å². The maximum absolute atomic E-state index is 11.1. The number of rotatable bonds is 9. The molecule has 0 aromatic heterocycles. The number of aryl methyl sites for hydroxylation is 1. The number of nitriles is 1. The van der Waals surface area contributed by atoms with Gasteiger partial charge in [0.2, 0.25) is 0 Å². The lowest BCUT2D eigenvalue weighted by Crippen LogP contribution is -2.02. The molecule has 0 saturated heterocycles. The molecule has 0 N–H and O–H groups in total. The highest BCUT2D eigenvalue weighted by atomic mass is 16.5. The maximum atomic E-state index is 11.1. The molecule has 0 aliphatic heterocycles. The molecule has 0 heterocycles. The van der Waals surface area contributed by atoms with Gasteiger partial charge < -0.3 is 4.74 Å². The molecule has 238 valence electrons. The zero-order valence-corrected chi connectivity index (χ0v) is 29.0. The van der Waals surface area contributed by atoms with Gasteiger partial charge in [0, 0.05) is 37.2 Å². The van der Waals surface area contributed by atoms with E-state index in [0.717, 1.165) is 40.8 Å². The summed E-state index contributed by atoms with van der Waals surface area (Å²) in [7, 11) is 3.00. The van der Waals surface area contributed by atoms with Gasteiger partial charge >= 0.3 is 5.97 Å². The molecule has 0 aliphatic carbocycles. The maximum Gasteiger partial charge on any atom is 0.330 e. The summed E-state index contributed by atoms with van der Waals surface area (Å²) in [6.45, 7) is 20.2. The minimum atomic E-state index is -0.356. The van der Waals surface area contributed by atoms with Crippen molar-refractivity contribution < 1.29 is 9.53 Å². The Kier molecular flexibility index (Phi) is 24.8. The van der Waals surface area contributed by atoms with Gasteiger partial charge in [-0.3, -0.25) is 4.99 Å². The molecule has 0 aliphatic rings. The second kappa shape index (κ2) is 26.2. The Morgan fingerprint density at radius 3 is 2.11 bits per heavy atom. The van der Waals surface area contributed by atoms with Gasteiger partial charge in [0.15, 0.2) is 5.84 Å². The molecule has 44 heavy (non-hydrogen) atoms. The monoisotopic (exact) mass is 599 g/mol. The lowest BCUT2D eigenvalue weighted by Gasteiger charge is -2.03. The first-order valence-electron chi connectivity index (χ1n) is 15.3. The molecule has 2 aromatic carbocycles. The smallest absolute Gasteiger partial charge is 0.330 e. The molecule has 0 atom stereocenters. The highest BCUT2D eigenvalue weighted by Gasteiger charge is 2.03. The van der Waals surface area contributed by atoms with E-state index in [1.807, 2.05) is 80.5 Å². The number of amidine groups is 1. The van der Waals surface area contributed by atoms with E-state index in [0.29, 0.717) is 11.4 Å². The molecule has 0 saturated carbocycles. The summed E-state index contributed by atoms with van der Waals surface area (Å²) in [4.78, 5) is 19.9. The number of azo groups is 1. The number of hydrogen-bond acceptors (Lipinski definition) is 6. The van der Waals surface area contributed by atoms with Gasteiger partial charge in [0.05, 0.1) is 18.7 Å². The Morgan fingerprint density at radius 1 is 0.932 bits per heavy atom. The minimum Gasteiger partial charge on any atom is -0.466 e. The predicted molar refractivity (Wildman–Crippen MR) is 188 cm³/mol. The first-order valence-corrected chi connectivity index (χ1v) is 15.3. The van der Waals surface area contributed by atoms with Crippen LogP contribution in [0.3, 0.4) is 0 Å². The van der Waals surface area contributed by atoms with Crippen LogP contribution in [-0.2, 0) is 16.0 Å². The number of ether oxygens (including phenoxy) is 1. The first kappa shape index (κ1) is 41.7. The van der Waals surface area contributed by atoms with Gasteiger partial charge in [-0.15, -0.1) is 5.11 Å². The predicted octanol–water partition coefficient (Wildman–Crippen LogP) is 10.2. The average molecular weight is 600 g/mol. The molecular formula is C37H53N5O2. The van der Waals surface area contributed by atoms with Crippen molar-refractivity contribution in [2.24, 2.45) is 26.1 Å². The Balaban J connectivity index is 0. The Labute approximate surface area is 266 Å². The number of nitrogens with zero attached hydrogens (tertiary/aromatic N) is 5. The Bertz CT molecular complexity index is 1340. The summed E-state index contributed by atoms with van der Waals surface area (Å²) in [6.07, 6.45) is 8.54. The number of esters is 1. The van der Waals surface area contributed by atoms with Crippen molar-refractivity contribution in [3.63, 3.8) is 0 Å². The molecular weight excluding hydrogens is 546 g/mol. The van der Waals surface area contributed by atoms with Gasteiger partial charge in [0.25, 0.3) is 0 Å². The highest BCUT2D eigenvalue weighted by Crippen LogP contribution is 2.16. The lowest BCUT2D eigenvalue weighted by atomic mass is 10.1. The SMILES string of the molecule is CC.CC.CCC(/C=C/C(=O)OC)=C\N=C(C)c1cccc(CC)c1.CN=NC(=N/C=C(\C)c1cccc(C#N)c1)C(C)C. The molecule has 0 bridgehead atoms. The number of carbonyl (C=O) groups excluding carboxylic acids is 1. The number of benzene rings is 2. The molecule has 0 amide bonds. The van der Waals surface area contributed by atoms with Crippen molar-refractivity contribution in [1.82, 2.24) is 0 Å². The number of hydrogen-bond donors (Lipinski definition) is 0. The quantitative estimate of drug-likeness (QED) is 0.0715. The van der Waals surface area contributed by atoms with E-state index >= 15 is 0 Å². The summed E-state index contributed by atoms with van der Waals surface area (Å²) in [5.41, 5.74) is 6.98. The Morgan fingerprint density at radius 2 is 1.57 bits per heavy atom. The second-order valence-electron chi connectivity index (χ2n) is 9.13. The van der Waals surface area contributed by atoms with Gasteiger partial charge in [-0.2, -0.15) is 10.4 Å². The zero-order chi connectivity index (χ0) is 33.9. The van der Waals surface area contributed by atoms with E-state index in [1.165, 1.54) is 18.7 Å². The van der Waals surface area contributed by atoms with Crippen LogP contribution in [0, 0.1) is 17.2 Å². The van der Waals surface area contributed by atoms with Crippen LogP contribution in [0.4, 0.5) is 0 Å². The topological polar surface area (TPSA) is 99.5 Å². The third-order valence-electron chi connectivity index (χ3n) is 5.78. The molecule has 7 nitrogen and oxygen atoms in total. The van der Waals surface area contributed by atoms with Crippen LogP contribution in [0.1, 0.15) is 97.9 Å². The van der Waals surface area contributed by atoms with Crippen LogP contribution in [0.15, 0.2) is 98.9 Å².